The Bertz CT molecular complexity index is 441. The lowest BCUT2D eigenvalue weighted by atomic mass is 9.81. The fraction of sp³-hybridized carbons (Fsp3) is 0.588. The smallest absolute Gasteiger partial charge is 0.227 e. The number of amides is 1. The van der Waals surface area contributed by atoms with Gasteiger partial charge >= 0.3 is 0 Å². The number of carbonyl (C=O) groups excluding carboxylic acids is 1. The molecule has 0 spiro atoms. The molecule has 1 saturated heterocycles. The topological polar surface area (TPSA) is 61.4 Å². The Morgan fingerprint density at radius 3 is 2.76 bits per heavy atom. The summed E-state index contributed by atoms with van der Waals surface area (Å²) in [4.78, 5) is 12.7. The Balaban J connectivity index is 1.98. The van der Waals surface area contributed by atoms with Gasteiger partial charge in [-0.2, -0.15) is 0 Å². The predicted octanol–water partition coefficient (Wildman–Crippen LogP) is 1.49. The van der Waals surface area contributed by atoms with E-state index in [0.29, 0.717) is 6.42 Å². The minimum Gasteiger partial charge on any atom is -0.394 e. The molecule has 2 atom stereocenters. The van der Waals surface area contributed by atoms with E-state index >= 15 is 0 Å². The van der Waals surface area contributed by atoms with Gasteiger partial charge in [0.1, 0.15) is 0 Å². The molecule has 21 heavy (non-hydrogen) atoms. The first-order chi connectivity index (χ1) is 10.2. The summed E-state index contributed by atoms with van der Waals surface area (Å²) in [5.74, 6) is 0.0873. The van der Waals surface area contributed by atoms with Crippen LogP contribution in [0.15, 0.2) is 30.3 Å². The summed E-state index contributed by atoms with van der Waals surface area (Å²) in [6, 6.07) is 9.75. The summed E-state index contributed by atoms with van der Waals surface area (Å²) in [7, 11) is 0. The highest BCUT2D eigenvalue weighted by Crippen LogP contribution is 2.31. The maximum Gasteiger partial charge on any atom is 0.227 e. The number of benzene rings is 1. The Kier molecular flexibility index (Phi) is 5.76. The van der Waals surface area contributed by atoms with Crippen LogP contribution in [-0.2, 0) is 11.2 Å². The molecule has 0 radical (unpaired) electrons. The number of nitrogens with one attached hydrogen (secondary N) is 2. The normalized spacial score (nSPS) is 23.0. The highest BCUT2D eigenvalue weighted by atomic mass is 16.3. The molecule has 1 aliphatic heterocycles. The zero-order valence-electron chi connectivity index (χ0n) is 12.8. The molecule has 4 nitrogen and oxygen atoms in total. The Labute approximate surface area is 126 Å². The predicted molar refractivity (Wildman–Crippen MR) is 84.0 cm³/mol. The van der Waals surface area contributed by atoms with Crippen LogP contribution in [0.3, 0.4) is 0 Å². The highest BCUT2D eigenvalue weighted by Gasteiger charge is 2.40. The van der Waals surface area contributed by atoms with Crippen LogP contribution in [-0.4, -0.2) is 36.8 Å². The third-order valence-corrected chi connectivity index (χ3v) is 4.33. The molecule has 1 aromatic rings. The summed E-state index contributed by atoms with van der Waals surface area (Å²) in [6.07, 6.45) is 3.45. The number of hydrogen-bond acceptors (Lipinski definition) is 3. The highest BCUT2D eigenvalue weighted by molar-refractivity contribution is 5.83. The molecule has 0 bridgehead atoms. The van der Waals surface area contributed by atoms with E-state index in [1.54, 1.807) is 0 Å². The van der Waals surface area contributed by atoms with E-state index in [-0.39, 0.29) is 24.0 Å². The van der Waals surface area contributed by atoms with Gasteiger partial charge in [0, 0.05) is 6.54 Å². The number of hydrogen-bond donors (Lipinski definition) is 3. The second-order valence-corrected chi connectivity index (χ2v) is 6.00. The van der Waals surface area contributed by atoms with Crippen LogP contribution < -0.4 is 10.6 Å². The molecule has 4 heteroatoms. The monoisotopic (exact) mass is 290 g/mol. The molecule has 2 rings (SSSR count). The van der Waals surface area contributed by atoms with Gasteiger partial charge in [0.2, 0.25) is 5.91 Å². The zero-order valence-corrected chi connectivity index (χ0v) is 12.8. The van der Waals surface area contributed by atoms with Crippen molar-refractivity contribution in [1.29, 1.82) is 0 Å². The molecule has 1 aliphatic rings. The molecule has 0 saturated carbocycles. The van der Waals surface area contributed by atoms with Crippen LogP contribution >= 0.6 is 0 Å². The Hall–Kier alpha value is -1.39. The molecule has 2 unspecified atom stereocenters. The average Bonchev–Trinajstić information content (AvgIpc) is 2.98. The third kappa shape index (κ3) is 4.05. The van der Waals surface area contributed by atoms with Gasteiger partial charge in [0.25, 0.3) is 0 Å². The zero-order chi connectivity index (χ0) is 15.1. The van der Waals surface area contributed by atoms with E-state index in [4.69, 9.17) is 0 Å². The lowest BCUT2D eigenvalue weighted by molar-refractivity contribution is -0.131. The molecule has 1 heterocycles. The van der Waals surface area contributed by atoms with Crippen molar-refractivity contribution in [1.82, 2.24) is 10.6 Å². The van der Waals surface area contributed by atoms with Crippen molar-refractivity contribution in [3.8, 4) is 0 Å². The van der Waals surface area contributed by atoms with Crippen LogP contribution in [0.1, 0.15) is 31.7 Å². The molecular weight excluding hydrogens is 264 g/mol. The summed E-state index contributed by atoms with van der Waals surface area (Å²) in [5, 5.41) is 15.9. The first kappa shape index (κ1) is 16.0. The average molecular weight is 290 g/mol. The van der Waals surface area contributed by atoms with Gasteiger partial charge in [0.15, 0.2) is 0 Å². The largest absolute Gasteiger partial charge is 0.394 e. The molecule has 1 fully saturated rings. The number of aliphatic hydroxyl groups excluding tert-OH is 1. The van der Waals surface area contributed by atoms with E-state index in [2.05, 4.69) is 17.6 Å². The van der Waals surface area contributed by atoms with Crippen molar-refractivity contribution in [2.45, 2.75) is 38.6 Å². The van der Waals surface area contributed by atoms with E-state index in [9.17, 15) is 9.90 Å². The minimum atomic E-state index is -0.293. The molecule has 0 aromatic heterocycles. The van der Waals surface area contributed by atoms with E-state index < -0.39 is 0 Å². The van der Waals surface area contributed by atoms with Gasteiger partial charge in [-0.1, -0.05) is 43.7 Å². The second-order valence-electron chi connectivity index (χ2n) is 6.00. The van der Waals surface area contributed by atoms with Crippen LogP contribution in [0, 0.1) is 5.41 Å². The van der Waals surface area contributed by atoms with Crippen molar-refractivity contribution in [2.24, 2.45) is 5.41 Å². The van der Waals surface area contributed by atoms with Crippen molar-refractivity contribution in [2.75, 3.05) is 19.7 Å². The molecule has 0 aliphatic carbocycles. The van der Waals surface area contributed by atoms with Crippen LogP contribution in [0.4, 0.5) is 0 Å². The van der Waals surface area contributed by atoms with Gasteiger partial charge in [-0.3, -0.25) is 4.79 Å². The van der Waals surface area contributed by atoms with E-state index in [1.165, 1.54) is 0 Å². The third-order valence-electron chi connectivity index (χ3n) is 4.33. The second kappa shape index (κ2) is 7.57. The van der Waals surface area contributed by atoms with Crippen molar-refractivity contribution >= 4 is 5.91 Å². The maximum atomic E-state index is 12.7. The van der Waals surface area contributed by atoms with Gasteiger partial charge in [-0.25, -0.2) is 0 Å². The lowest BCUT2D eigenvalue weighted by Gasteiger charge is -2.29. The minimum absolute atomic E-state index is 0.0315. The summed E-state index contributed by atoms with van der Waals surface area (Å²) in [6.45, 7) is 3.73. The maximum absolute atomic E-state index is 12.7. The van der Waals surface area contributed by atoms with E-state index in [1.807, 2.05) is 30.3 Å². The fourth-order valence-electron chi connectivity index (χ4n) is 3.14. The lowest BCUT2D eigenvalue weighted by Crippen LogP contribution is -2.48. The molecule has 116 valence electrons. The van der Waals surface area contributed by atoms with Gasteiger partial charge in [0.05, 0.1) is 18.1 Å². The van der Waals surface area contributed by atoms with Crippen molar-refractivity contribution in [3.05, 3.63) is 35.9 Å². The van der Waals surface area contributed by atoms with Gasteiger partial charge in [-0.05, 0) is 31.4 Å². The SMILES string of the molecule is CCCC1(C(=O)NC(CO)Cc2ccccc2)CCNC1. The number of rotatable bonds is 7. The Morgan fingerprint density at radius 1 is 1.43 bits per heavy atom. The van der Waals surface area contributed by atoms with Crippen molar-refractivity contribution < 1.29 is 9.90 Å². The molecule has 1 aromatic carbocycles. The standard InChI is InChI=1S/C17H26N2O2/c1-2-8-17(9-10-18-13-17)16(21)19-15(12-20)11-14-6-4-3-5-7-14/h3-7,15,18,20H,2,8-13H2,1H3,(H,19,21). The summed E-state index contributed by atoms with van der Waals surface area (Å²) < 4.78 is 0. The van der Waals surface area contributed by atoms with Gasteiger partial charge in [-0.15, -0.1) is 0 Å². The fourth-order valence-corrected chi connectivity index (χ4v) is 3.14. The first-order valence-corrected chi connectivity index (χ1v) is 7.86. The quantitative estimate of drug-likeness (QED) is 0.713. The van der Waals surface area contributed by atoms with Crippen LogP contribution in [0.5, 0.6) is 0 Å². The molecule has 3 N–H and O–H groups in total. The van der Waals surface area contributed by atoms with Crippen LogP contribution in [0.25, 0.3) is 0 Å². The van der Waals surface area contributed by atoms with E-state index in [0.717, 1.165) is 37.9 Å². The van der Waals surface area contributed by atoms with Gasteiger partial charge < -0.3 is 15.7 Å². The Morgan fingerprint density at radius 2 is 2.19 bits per heavy atom. The number of aliphatic hydroxyl groups is 1. The molecule has 1 amide bonds. The van der Waals surface area contributed by atoms with Crippen molar-refractivity contribution in [3.63, 3.8) is 0 Å². The first-order valence-electron chi connectivity index (χ1n) is 7.86. The molecular formula is C17H26N2O2. The summed E-state index contributed by atoms with van der Waals surface area (Å²) >= 11 is 0. The number of carbonyl (C=O) groups is 1. The van der Waals surface area contributed by atoms with Crippen LogP contribution in [0.2, 0.25) is 0 Å². The summed E-state index contributed by atoms with van der Waals surface area (Å²) in [5.41, 5.74) is 0.838.